The third kappa shape index (κ3) is 3.36. The van der Waals surface area contributed by atoms with E-state index in [-0.39, 0.29) is 12.5 Å². The minimum Gasteiger partial charge on any atom is -0.314 e. The zero-order valence-electron chi connectivity index (χ0n) is 15.9. The highest BCUT2D eigenvalue weighted by atomic mass is 79.9. The first-order chi connectivity index (χ1) is 14.2. The molecule has 1 aromatic heterocycles. The summed E-state index contributed by atoms with van der Waals surface area (Å²) in [5.74, 6) is 0.905. The molecule has 0 saturated carbocycles. The van der Waals surface area contributed by atoms with Gasteiger partial charge in [0.15, 0.2) is 0 Å². The maximum atomic E-state index is 13.4. The van der Waals surface area contributed by atoms with Crippen molar-refractivity contribution < 1.29 is 4.79 Å². The first kappa shape index (κ1) is 18.1. The average Bonchev–Trinajstić information content (AvgIpc) is 3.12. The molecule has 0 bridgehead atoms. The number of rotatable bonds is 3. The molecule has 0 aliphatic carbocycles. The van der Waals surface area contributed by atoms with Crippen LogP contribution in [0.25, 0.3) is 22.4 Å². The molecule has 0 spiro atoms. The molecule has 0 radical (unpaired) electrons. The van der Waals surface area contributed by atoms with E-state index in [1.165, 1.54) is 5.56 Å². The van der Waals surface area contributed by atoms with Crippen molar-refractivity contribution in [1.29, 1.82) is 0 Å². The third-order valence-electron chi connectivity index (χ3n) is 5.44. The van der Waals surface area contributed by atoms with Crippen molar-refractivity contribution in [1.82, 2.24) is 9.55 Å². The number of carbonyl (C=O) groups excluding carboxylic acids is 1. The SMILES string of the molecule is O=C(Cn1c(-c2cccc(Br)c2)nc2ccccc21)N1CCCc2ccccc21. The summed E-state index contributed by atoms with van der Waals surface area (Å²) in [4.78, 5) is 20.2. The Balaban J connectivity index is 1.57. The Bertz CT molecular complexity index is 1210. The van der Waals surface area contributed by atoms with Crippen LogP contribution < -0.4 is 4.90 Å². The van der Waals surface area contributed by atoms with Crippen LogP contribution >= 0.6 is 15.9 Å². The Kier molecular flexibility index (Phi) is 4.68. The summed E-state index contributed by atoms with van der Waals surface area (Å²) in [6.45, 7) is 1.02. The van der Waals surface area contributed by atoms with E-state index < -0.39 is 0 Å². The van der Waals surface area contributed by atoms with Crippen LogP contribution in [0.4, 0.5) is 5.69 Å². The molecule has 3 aromatic carbocycles. The summed E-state index contributed by atoms with van der Waals surface area (Å²) in [5.41, 5.74) is 5.14. The fraction of sp³-hybridized carbons (Fsp3) is 0.167. The summed E-state index contributed by atoms with van der Waals surface area (Å²) in [6.07, 6.45) is 2.02. The number of hydrogen-bond acceptors (Lipinski definition) is 2. The van der Waals surface area contributed by atoms with Gasteiger partial charge in [-0.25, -0.2) is 4.98 Å². The number of nitrogens with zero attached hydrogens (tertiary/aromatic N) is 3. The van der Waals surface area contributed by atoms with Crippen LogP contribution in [0, 0.1) is 0 Å². The largest absolute Gasteiger partial charge is 0.314 e. The van der Waals surface area contributed by atoms with Crippen molar-refractivity contribution in [3.05, 3.63) is 82.8 Å². The minimum atomic E-state index is 0.0940. The molecule has 5 heteroatoms. The number of fused-ring (bicyclic) bond motifs is 2. The quantitative estimate of drug-likeness (QED) is 0.420. The number of hydrogen-bond donors (Lipinski definition) is 0. The molecule has 4 nitrogen and oxygen atoms in total. The Hall–Kier alpha value is -2.92. The van der Waals surface area contributed by atoms with E-state index in [1.54, 1.807) is 0 Å². The number of anilines is 1. The molecular formula is C24H20BrN3O. The molecule has 0 atom stereocenters. The van der Waals surface area contributed by atoms with Crippen LogP contribution in [-0.4, -0.2) is 22.0 Å². The topological polar surface area (TPSA) is 38.1 Å². The van der Waals surface area contributed by atoms with E-state index in [9.17, 15) is 4.79 Å². The zero-order valence-corrected chi connectivity index (χ0v) is 17.5. The first-order valence-corrected chi connectivity index (χ1v) is 10.6. The predicted molar refractivity (Wildman–Crippen MR) is 120 cm³/mol. The summed E-state index contributed by atoms with van der Waals surface area (Å²) < 4.78 is 3.03. The zero-order chi connectivity index (χ0) is 19.8. The van der Waals surface area contributed by atoms with Gasteiger partial charge < -0.3 is 9.47 Å². The fourth-order valence-electron chi connectivity index (χ4n) is 4.10. The van der Waals surface area contributed by atoms with E-state index in [0.717, 1.165) is 52.0 Å². The van der Waals surface area contributed by atoms with Gasteiger partial charge in [0.1, 0.15) is 12.4 Å². The molecule has 144 valence electrons. The van der Waals surface area contributed by atoms with Gasteiger partial charge >= 0.3 is 0 Å². The van der Waals surface area contributed by atoms with Crippen LogP contribution in [0.3, 0.4) is 0 Å². The standard InChI is InChI=1S/C24H20BrN3O/c25-19-10-5-8-18(15-19)24-26-20-11-2-4-13-22(20)28(24)16-23(29)27-14-6-9-17-7-1-3-12-21(17)27/h1-5,7-8,10-13,15H,6,9,14,16H2. The number of benzene rings is 3. The van der Waals surface area contributed by atoms with Gasteiger partial charge in [-0.15, -0.1) is 0 Å². The van der Waals surface area contributed by atoms with Gasteiger partial charge in [-0.2, -0.15) is 0 Å². The lowest BCUT2D eigenvalue weighted by atomic mass is 10.0. The average molecular weight is 446 g/mol. The molecule has 1 aliphatic heterocycles. The molecule has 1 amide bonds. The molecule has 5 rings (SSSR count). The van der Waals surface area contributed by atoms with Crippen LogP contribution in [0.2, 0.25) is 0 Å². The van der Waals surface area contributed by atoms with Crippen molar-refractivity contribution >= 4 is 38.6 Å². The van der Waals surface area contributed by atoms with Gasteiger partial charge in [0.2, 0.25) is 5.91 Å². The Morgan fingerprint density at radius 1 is 1.00 bits per heavy atom. The lowest BCUT2D eigenvalue weighted by molar-refractivity contribution is -0.119. The van der Waals surface area contributed by atoms with Gasteiger partial charge in [-0.1, -0.05) is 58.4 Å². The molecule has 0 fully saturated rings. The first-order valence-electron chi connectivity index (χ1n) is 9.80. The predicted octanol–water partition coefficient (Wildman–Crippen LogP) is 5.45. The maximum absolute atomic E-state index is 13.4. The summed E-state index contributed by atoms with van der Waals surface area (Å²) in [5, 5.41) is 0. The second-order valence-electron chi connectivity index (χ2n) is 7.30. The smallest absolute Gasteiger partial charge is 0.247 e. The second kappa shape index (κ2) is 7.48. The van der Waals surface area contributed by atoms with Crippen molar-refractivity contribution in [3.63, 3.8) is 0 Å². The molecule has 1 aliphatic rings. The highest BCUT2D eigenvalue weighted by Crippen LogP contribution is 2.30. The number of para-hydroxylation sites is 3. The van der Waals surface area contributed by atoms with Crippen molar-refractivity contribution in [2.24, 2.45) is 0 Å². The Morgan fingerprint density at radius 2 is 1.83 bits per heavy atom. The van der Waals surface area contributed by atoms with E-state index in [2.05, 4.69) is 22.0 Å². The third-order valence-corrected chi connectivity index (χ3v) is 5.94. The van der Waals surface area contributed by atoms with E-state index in [1.807, 2.05) is 76.2 Å². The molecule has 0 unspecified atom stereocenters. The molecule has 29 heavy (non-hydrogen) atoms. The number of aromatic nitrogens is 2. The fourth-order valence-corrected chi connectivity index (χ4v) is 4.50. The lowest BCUT2D eigenvalue weighted by Crippen LogP contribution is -2.37. The van der Waals surface area contributed by atoms with Crippen molar-refractivity contribution in [3.8, 4) is 11.4 Å². The van der Waals surface area contributed by atoms with E-state index in [0.29, 0.717) is 0 Å². The normalized spacial score (nSPS) is 13.5. The van der Waals surface area contributed by atoms with E-state index >= 15 is 0 Å². The number of carbonyl (C=O) groups is 1. The summed E-state index contributed by atoms with van der Waals surface area (Å²) in [7, 11) is 0. The Labute approximate surface area is 177 Å². The number of imidazole rings is 1. The monoisotopic (exact) mass is 445 g/mol. The Morgan fingerprint density at radius 3 is 2.72 bits per heavy atom. The van der Waals surface area contributed by atoms with Crippen LogP contribution in [0.1, 0.15) is 12.0 Å². The number of halogens is 1. The highest BCUT2D eigenvalue weighted by Gasteiger charge is 2.24. The van der Waals surface area contributed by atoms with Gasteiger partial charge in [0, 0.05) is 22.3 Å². The van der Waals surface area contributed by atoms with Crippen LogP contribution in [-0.2, 0) is 17.8 Å². The number of aryl methyl sites for hydroxylation is 1. The number of amides is 1. The molecular weight excluding hydrogens is 426 g/mol. The minimum absolute atomic E-state index is 0.0940. The van der Waals surface area contributed by atoms with Crippen LogP contribution in [0.5, 0.6) is 0 Å². The second-order valence-corrected chi connectivity index (χ2v) is 8.21. The molecule has 0 N–H and O–H groups in total. The van der Waals surface area contributed by atoms with Gasteiger partial charge in [-0.3, -0.25) is 4.79 Å². The highest BCUT2D eigenvalue weighted by molar-refractivity contribution is 9.10. The van der Waals surface area contributed by atoms with E-state index in [4.69, 9.17) is 4.98 Å². The van der Waals surface area contributed by atoms with Crippen LogP contribution in [0.15, 0.2) is 77.3 Å². The van der Waals surface area contributed by atoms with Gasteiger partial charge in [-0.05, 0) is 48.7 Å². The lowest BCUT2D eigenvalue weighted by Gasteiger charge is -2.29. The molecule has 0 saturated heterocycles. The van der Waals surface area contributed by atoms with Crippen molar-refractivity contribution in [2.45, 2.75) is 19.4 Å². The van der Waals surface area contributed by atoms with Gasteiger partial charge in [0.25, 0.3) is 0 Å². The molecule has 2 heterocycles. The summed E-state index contributed by atoms with van der Waals surface area (Å²) in [6, 6.07) is 24.3. The maximum Gasteiger partial charge on any atom is 0.247 e. The van der Waals surface area contributed by atoms with Crippen molar-refractivity contribution in [2.75, 3.05) is 11.4 Å². The molecule has 4 aromatic rings. The van der Waals surface area contributed by atoms with Gasteiger partial charge in [0.05, 0.1) is 11.0 Å². The summed E-state index contributed by atoms with van der Waals surface area (Å²) >= 11 is 3.55.